The fourth-order valence-electron chi connectivity index (χ4n) is 2.50. The number of nitrogens with zero attached hydrogens (tertiary/aromatic N) is 3. The van der Waals surface area contributed by atoms with E-state index < -0.39 is 35.5 Å². The minimum atomic E-state index is -3.18. The lowest BCUT2D eigenvalue weighted by atomic mass is 9.96. The number of nitro benzene ring substituents is 1. The summed E-state index contributed by atoms with van der Waals surface area (Å²) in [5.41, 5.74) is -0.819. The van der Waals surface area contributed by atoms with Gasteiger partial charge in [0.2, 0.25) is 5.89 Å². The molecule has 0 saturated carbocycles. The van der Waals surface area contributed by atoms with Gasteiger partial charge in [-0.15, -0.1) is 0 Å². The number of carbonyl (C=O) groups is 1. The molecule has 0 radical (unpaired) electrons. The summed E-state index contributed by atoms with van der Waals surface area (Å²) in [6, 6.07) is 1.92. The number of esters is 1. The number of nitro groups is 1. The number of benzene rings is 1. The molecule has 12 heteroatoms. The van der Waals surface area contributed by atoms with Crippen LogP contribution in [0.3, 0.4) is 0 Å². The van der Waals surface area contributed by atoms with Gasteiger partial charge in [-0.2, -0.15) is 13.8 Å². The van der Waals surface area contributed by atoms with E-state index >= 15 is 0 Å². The third-order valence-electron chi connectivity index (χ3n) is 4.08. The molecular weight excluding hydrogens is 420 g/mol. The average Bonchev–Trinajstić information content (AvgIpc) is 3.15. The van der Waals surface area contributed by atoms with Crippen molar-refractivity contribution < 1.29 is 37.2 Å². The van der Waals surface area contributed by atoms with Crippen LogP contribution in [0.4, 0.5) is 14.5 Å². The van der Waals surface area contributed by atoms with Gasteiger partial charge in [0, 0.05) is 18.3 Å². The van der Waals surface area contributed by atoms with Gasteiger partial charge in [0.15, 0.2) is 17.3 Å². The molecule has 0 fully saturated rings. The van der Waals surface area contributed by atoms with Crippen LogP contribution in [0.25, 0.3) is 0 Å². The van der Waals surface area contributed by atoms with Crippen molar-refractivity contribution in [3.63, 3.8) is 0 Å². The number of aryl methyl sites for hydroxylation is 1. The number of aromatic nitrogens is 2. The molecule has 0 amide bonds. The van der Waals surface area contributed by atoms with E-state index in [4.69, 9.17) is 14.0 Å². The van der Waals surface area contributed by atoms with Crippen LogP contribution in [-0.2, 0) is 28.0 Å². The zero-order valence-electron chi connectivity index (χ0n) is 17.5. The number of hydrogen-bond acceptors (Lipinski definition) is 9. The monoisotopic (exact) mass is 443 g/mol. The predicted octanol–water partition coefficient (Wildman–Crippen LogP) is 3.95. The quantitative estimate of drug-likeness (QED) is 0.305. The standard InChI is InChI=1S/C19H23F2N3O7/c1-19(2,3)17-22-15(31-23-17)6-5-7-16(25)29-10-11-8-13(28-4)14(30-18(20)21)9-12(11)24(26)27/h8-9,18H,5-7,10H2,1-4H3. The Morgan fingerprint density at radius 2 is 2.00 bits per heavy atom. The van der Waals surface area contributed by atoms with Crippen LogP contribution in [-0.4, -0.2) is 34.8 Å². The minimum absolute atomic E-state index is 0.0186. The molecule has 0 spiro atoms. The maximum absolute atomic E-state index is 12.5. The largest absolute Gasteiger partial charge is 0.493 e. The van der Waals surface area contributed by atoms with E-state index in [1.807, 2.05) is 20.8 Å². The second kappa shape index (κ2) is 10.1. The molecule has 0 aliphatic heterocycles. The third kappa shape index (κ3) is 6.86. The molecular formula is C19H23F2N3O7. The first kappa shape index (κ1) is 24.0. The Hall–Kier alpha value is -3.31. The maximum atomic E-state index is 12.5. The molecule has 0 unspecified atom stereocenters. The molecule has 0 N–H and O–H groups in total. The summed E-state index contributed by atoms with van der Waals surface area (Å²) in [4.78, 5) is 26.7. The zero-order valence-corrected chi connectivity index (χ0v) is 17.5. The van der Waals surface area contributed by atoms with Gasteiger partial charge in [-0.3, -0.25) is 14.9 Å². The van der Waals surface area contributed by atoms with Gasteiger partial charge in [0.05, 0.1) is 23.7 Å². The Morgan fingerprint density at radius 3 is 2.55 bits per heavy atom. The van der Waals surface area contributed by atoms with Crippen LogP contribution in [0.5, 0.6) is 11.5 Å². The Morgan fingerprint density at radius 1 is 1.29 bits per heavy atom. The zero-order chi connectivity index (χ0) is 23.2. The molecule has 2 rings (SSSR count). The van der Waals surface area contributed by atoms with Crippen LogP contribution in [0, 0.1) is 10.1 Å². The highest BCUT2D eigenvalue weighted by molar-refractivity contribution is 5.69. The average molecular weight is 443 g/mol. The number of alkyl halides is 2. The van der Waals surface area contributed by atoms with Crippen LogP contribution in [0.1, 0.15) is 50.9 Å². The topological polar surface area (TPSA) is 127 Å². The molecule has 170 valence electrons. The Bertz CT molecular complexity index is 926. The molecule has 0 saturated heterocycles. The summed E-state index contributed by atoms with van der Waals surface area (Å²) in [6.07, 6.45) is 0.758. The lowest BCUT2D eigenvalue weighted by molar-refractivity contribution is -0.386. The normalized spacial score (nSPS) is 11.5. The third-order valence-corrected chi connectivity index (χ3v) is 4.08. The fraction of sp³-hybridized carbons (Fsp3) is 0.526. The van der Waals surface area contributed by atoms with Crippen molar-refractivity contribution in [2.24, 2.45) is 0 Å². The lowest BCUT2D eigenvalue weighted by Gasteiger charge is -2.12. The van der Waals surface area contributed by atoms with Gasteiger partial charge >= 0.3 is 12.6 Å². The van der Waals surface area contributed by atoms with Gasteiger partial charge < -0.3 is 18.7 Å². The number of hydrogen-bond donors (Lipinski definition) is 0. The lowest BCUT2D eigenvalue weighted by Crippen LogP contribution is -2.13. The first-order valence-electron chi connectivity index (χ1n) is 9.30. The molecule has 10 nitrogen and oxygen atoms in total. The molecule has 1 aromatic carbocycles. The molecule has 1 aromatic heterocycles. The van der Waals surface area contributed by atoms with Gasteiger partial charge in [-0.25, -0.2) is 0 Å². The fourth-order valence-corrected chi connectivity index (χ4v) is 2.50. The highest BCUT2D eigenvalue weighted by Gasteiger charge is 2.23. The molecule has 0 bridgehead atoms. The smallest absolute Gasteiger partial charge is 0.387 e. The van der Waals surface area contributed by atoms with E-state index in [2.05, 4.69) is 14.9 Å². The highest BCUT2D eigenvalue weighted by atomic mass is 19.3. The molecule has 1 heterocycles. The van der Waals surface area contributed by atoms with Crippen molar-refractivity contribution in [3.05, 3.63) is 39.5 Å². The predicted molar refractivity (Wildman–Crippen MR) is 102 cm³/mol. The van der Waals surface area contributed by atoms with Gasteiger partial charge in [-0.05, 0) is 12.5 Å². The summed E-state index contributed by atoms with van der Waals surface area (Å²) < 4.78 is 44.4. The SMILES string of the molecule is COc1cc(COC(=O)CCCc2nc(C(C)(C)C)no2)c([N+](=O)[O-])cc1OC(F)F. The Labute approximate surface area is 176 Å². The van der Waals surface area contributed by atoms with E-state index in [0.29, 0.717) is 24.6 Å². The van der Waals surface area contributed by atoms with E-state index in [-0.39, 0.29) is 23.1 Å². The maximum Gasteiger partial charge on any atom is 0.387 e. The molecule has 0 aliphatic carbocycles. The number of ether oxygens (including phenoxy) is 3. The molecule has 0 atom stereocenters. The first-order valence-corrected chi connectivity index (χ1v) is 9.30. The second-order valence-electron chi connectivity index (χ2n) is 7.54. The number of carbonyl (C=O) groups excluding carboxylic acids is 1. The molecule has 0 aliphatic rings. The summed E-state index contributed by atoms with van der Waals surface area (Å²) in [5.74, 6) is -0.286. The van der Waals surface area contributed by atoms with E-state index in [1.54, 1.807) is 0 Å². The summed E-state index contributed by atoms with van der Waals surface area (Å²) in [6.45, 7) is 2.21. The Balaban J connectivity index is 1.96. The van der Waals surface area contributed by atoms with Crippen molar-refractivity contribution in [2.75, 3.05) is 7.11 Å². The minimum Gasteiger partial charge on any atom is -0.493 e. The summed E-state index contributed by atoms with van der Waals surface area (Å²) in [5, 5.41) is 15.2. The number of halogens is 2. The number of rotatable bonds is 10. The van der Waals surface area contributed by atoms with E-state index in [1.165, 1.54) is 7.11 Å². The second-order valence-corrected chi connectivity index (χ2v) is 7.54. The molecule has 31 heavy (non-hydrogen) atoms. The van der Waals surface area contributed by atoms with Crippen LogP contribution in [0.15, 0.2) is 16.7 Å². The van der Waals surface area contributed by atoms with Crippen LogP contribution < -0.4 is 9.47 Å². The van der Waals surface area contributed by atoms with Crippen LogP contribution >= 0.6 is 0 Å². The summed E-state index contributed by atoms with van der Waals surface area (Å²) >= 11 is 0. The van der Waals surface area contributed by atoms with Crippen molar-refractivity contribution in [3.8, 4) is 11.5 Å². The van der Waals surface area contributed by atoms with Crippen molar-refractivity contribution in [1.29, 1.82) is 0 Å². The van der Waals surface area contributed by atoms with Crippen LogP contribution in [0.2, 0.25) is 0 Å². The van der Waals surface area contributed by atoms with Crippen molar-refractivity contribution >= 4 is 11.7 Å². The van der Waals surface area contributed by atoms with Crippen molar-refractivity contribution in [2.45, 2.75) is 58.7 Å². The van der Waals surface area contributed by atoms with Gasteiger partial charge in [0.25, 0.3) is 5.69 Å². The van der Waals surface area contributed by atoms with E-state index in [0.717, 1.165) is 12.1 Å². The first-order chi connectivity index (χ1) is 14.5. The Kier molecular flexibility index (Phi) is 7.83. The summed E-state index contributed by atoms with van der Waals surface area (Å²) in [7, 11) is 1.19. The van der Waals surface area contributed by atoms with E-state index in [9.17, 15) is 23.7 Å². The molecule has 2 aromatic rings. The van der Waals surface area contributed by atoms with Crippen molar-refractivity contribution in [1.82, 2.24) is 10.1 Å². The highest BCUT2D eigenvalue weighted by Crippen LogP contribution is 2.36. The number of methoxy groups -OCH3 is 1. The van der Waals surface area contributed by atoms with Gasteiger partial charge in [-0.1, -0.05) is 25.9 Å². The van der Waals surface area contributed by atoms with Gasteiger partial charge in [0.1, 0.15) is 6.61 Å².